The molecule has 0 saturated heterocycles. The van der Waals surface area contributed by atoms with Gasteiger partial charge in [-0.05, 0) is 0 Å². The zero-order chi connectivity index (χ0) is 9.68. The average Bonchev–Trinajstić information content (AvgIpc) is 2.56. The fraction of sp³-hybridized carbons (Fsp3) is 0.333. The van der Waals surface area contributed by atoms with Crippen molar-refractivity contribution in [3.63, 3.8) is 0 Å². The Balaban J connectivity index is 2.26. The molecule has 1 aromatic rings. The first-order valence-corrected chi connectivity index (χ1v) is 4.27. The summed E-state index contributed by atoms with van der Waals surface area (Å²) in [4.78, 5) is 0. The second kappa shape index (κ2) is 4.90. The molecule has 0 aliphatic carbocycles. The summed E-state index contributed by atoms with van der Waals surface area (Å²) < 4.78 is 40.0. The molecule has 1 rings (SSSR count). The number of hydrogen-bond donors (Lipinski definition) is 0. The van der Waals surface area contributed by atoms with Crippen molar-refractivity contribution in [1.29, 1.82) is 0 Å². The normalized spacial score (nSPS) is 10.1. The predicted octanol–water partition coefficient (Wildman–Crippen LogP) is 2.63. The van der Waals surface area contributed by atoms with Gasteiger partial charge in [0.15, 0.2) is 5.83 Å². The van der Waals surface area contributed by atoms with E-state index in [1.54, 1.807) is 0 Å². The molecule has 0 radical (unpaired) electrons. The van der Waals surface area contributed by atoms with Gasteiger partial charge in [0.2, 0.25) is 6.39 Å². The summed E-state index contributed by atoms with van der Waals surface area (Å²) in [5.41, 5.74) is 0. The van der Waals surface area contributed by atoms with Crippen molar-refractivity contribution in [1.82, 2.24) is 10.2 Å². The van der Waals surface area contributed by atoms with Crippen LogP contribution in [0, 0.1) is 0 Å². The lowest BCUT2D eigenvalue weighted by atomic mass is 10.4. The lowest BCUT2D eigenvalue weighted by Crippen LogP contribution is -1.82. The minimum absolute atomic E-state index is 0.144. The summed E-state index contributed by atoms with van der Waals surface area (Å²) in [5, 5.41) is 7.08. The Kier molecular flexibility index (Phi) is 3.81. The van der Waals surface area contributed by atoms with Crippen molar-refractivity contribution < 1.29 is 17.6 Å². The zero-order valence-corrected chi connectivity index (χ0v) is 7.15. The summed E-state index contributed by atoms with van der Waals surface area (Å²) in [6.45, 7) is 0. The van der Waals surface area contributed by atoms with Crippen LogP contribution in [0.15, 0.2) is 27.9 Å². The van der Waals surface area contributed by atoms with Gasteiger partial charge in [-0.25, -0.2) is 4.39 Å². The van der Waals surface area contributed by atoms with E-state index < -0.39 is 11.9 Å². The molecular formula is C6H5F3N2OS. The molecule has 0 spiro atoms. The van der Waals surface area contributed by atoms with Crippen molar-refractivity contribution in [2.75, 3.05) is 5.75 Å². The Hall–Kier alpha value is -0.980. The quantitative estimate of drug-likeness (QED) is 0.716. The average molecular weight is 210 g/mol. The molecule has 0 bridgehead atoms. The van der Waals surface area contributed by atoms with E-state index in [9.17, 15) is 13.2 Å². The van der Waals surface area contributed by atoms with E-state index in [1.165, 1.54) is 0 Å². The smallest absolute Gasteiger partial charge is 0.301 e. The van der Waals surface area contributed by atoms with Gasteiger partial charge in [0.05, 0.1) is 0 Å². The van der Waals surface area contributed by atoms with Gasteiger partial charge in [-0.15, -0.1) is 10.2 Å². The molecule has 13 heavy (non-hydrogen) atoms. The van der Waals surface area contributed by atoms with Gasteiger partial charge >= 0.3 is 6.08 Å². The Labute approximate surface area is 76.0 Å². The number of hydrogen-bond acceptors (Lipinski definition) is 4. The molecule has 0 aliphatic rings. The standard InChI is InChI=1S/C6H5F3N2OS/c7-4(5(8)9)1-2-13-6-11-10-3-12-6/h3H,1-2H2. The topological polar surface area (TPSA) is 38.9 Å². The molecule has 0 atom stereocenters. The third-order valence-electron chi connectivity index (χ3n) is 1.09. The third kappa shape index (κ3) is 3.49. The molecule has 7 heteroatoms. The van der Waals surface area contributed by atoms with Crippen LogP contribution < -0.4 is 0 Å². The summed E-state index contributed by atoms with van der Waals surface area (Å²) in [7, 11) is 0. The SMILES string of the molecule is FC(F)=C(F)CCSc1nnco1. The maximum Gasteiger partial charge on any atom is 0.301 e. The number of allylic oxidation sites excluding steroid dienone is 1. The molecule has 0 N–H and O–H groups in total. The van der Waals surface area contributed by atoms with Crippen molar-refractivity contribution in [2.45, 2.75) is 11.6 Å². The van der Waals surface area contributed by atoms with Gasteiger partial charge < -0.3 is 4.42 Å². The van der Waals surface area contributed by atoms with Crippen LogP contribution in [0.25, 0.3) is 0 Å². The van der Waals surface area contributed by atoms with Gasteiger partial charge in [0, 0.05) is 12.2 Å². The maximum absolute atomic E-state index is 12.2. The Morgan fingerprint density at radius 3 is 2.77 bits per heavy atom. The highest BCUT2D eigenvalue weighted by atomic mass is 32.2. The first-order valence-electron chi connectivity index (χ1n) is 3.28. The van der Waals surface area contributed by atoms with Crippen LogP contribution in [-0.2, 0) is 0 Å². The van der Waals surface area contributed by atoms with E-state index in [2.05, 4.69) is 10.2 Å². The van der Waals surface area contributed by atoms with E-state index in [-0.39, 0.29) is 17.4 Å². The minimum Gasteiger partial charge on any atom is -0.419 e. The van der Waals surface area contributed by atoms with Crippen molar-refractivity contribution >= 4 is 11.8 Å². The first-order chi connectivity index (χ1) is 6.20. The summed E-state index contributed by atoms with van der Waals surface area (Å²) in [6, 6.07) is 0. The van der Waals surface area contributed by atoms with Crippen molar-refractivity contribution in [3.8, 4) is 0 Å². The van der Waals surface area contributed by atoms with Crippen LogP contribution in [0.3, 0.4) is 0 Å². The fourth-order valence-corrected chi connectivity index (χ4v) is 1.22. The largest absolute Gasteiger partial charge is 0.419 e. The van der Waals surface area contributed by atoms with Crippen molar-refractivity contribution in [3.05, 3.63) is 18.3 Å². The summed E-state index contributed by atoms with van der Waals surface area (Å²) >= 11 is 1.03. The van der Waals surface area contributed by atoms with Gasteiger partial charge in [-0.3, -0.25) is 0 Å². The zero-order valence-electron chi connectivity index (χ0n) is 6.34. The number of aromatic nitrogens is 2. The molecule has 0 saturated carbocycles. The van der Waals surface area contributed by atoms with Crippen LogP contribution in [0.4, 0.5) is 13.2 Å². The number of halogens is 3. The van der Waals surface area contributed by atoms with E-state index in [4.69, 9.17) is 4.42 Å². The highest BCUT2D eigenvalue weighted by Crippen LogP contribution is 2.20. The highest BCUT2D eigenvalue weighted by Gasteiger charge is 2.06. The van der Waals surface area contributed by atoms with E-state index in [1.807, 2.05) is 0 Å². The second-order valence-corrected chi connectivity index (χ2v) is 3.01. The van der Waals surface area contributed by atoms with Gasteiger partial charge in [-0.1, -0.05) is 11.8 Å². The molecule has 0 aromatic carbocycles. The lowest BCUT2D eigenvalue weighted by Gasteiger charge is -1.93. The number of nitrogens with zero attached hydrogens (tertiary/aromatic N) is 2. The summed E-state index contributed by atoms with van der Waals surface area (Å²) in [6.07, 6.45) is -1.49. The molecular weight excluding hydrogens is 205 g/mol. The Morgan fingerprint density at radius 1 is 1.46 bits per heavy atom. The van der Waals surface area contributed by atoms with Crippen LogP contribution in [0.1, 0.15) is 6.42 Å². The number of rotatable bonds is 4. The molecule has 0 fully saturated rings. The van der Waals surface area contributed by atoms with Gasteiger partial charge in [0.1, 0.15) is 0 Å². The van der Waals surface area contributed by atoms with Gasteiger partial charge in [-0.2, -0.15) is 8.78 Å². The third-order valence-corrected chi connectivity index (χ3v) is 1.93. The minimum atomic E-state index is -2.27. The maximum atomic E-state index is 12.2. The highest BCUT2D eigenvalue weighted by molar-refractivity contribution is 7.99. The first kappa shape index (κ1) is 10.1. The van der Waals surface area contributed by atoms with Crippen molar-refractivity contribution in [2.24, 2.45) is 0 Å². The van der Waals surface area contributed by atoms with E-state index in [0.29, 0.717) is 0 Å². The molecule has 0 amide bonds. The molecule has 1 aromatic heterocycles. The molecule has 0 unspecified atom stereocenters. The Bertz CT molecular complexity index is 284. The Morgan fingerprint density at radius 2 is 2.23 bits per heavy atom. The predicted molar refractivity (Wildman–Crippen MR) is 40.0 cm³/mol. The molecule has 72 valence electrons. The molecule has 3 nitrogen and oxygen atoms in total. The fourth-order valence-electron chi connectivity index (χ4n) is 0.548. The molecule has 0 aliphatic heterocycles. The lowest BCUT2D eigenvalue weighted by molar-refractivity contribution is 0.373. The van der Waals surface area contributed by atoms with E-state index >= 15 is 0 Å². The van der Waals surface area contributed by atoms with Gasteiger partial charge in [0.25, 0.3) is 5.22 Å². The molecule has 1 heterocycles. The van der Waals surface area contributed by atoms with Crippen LogP contribution in [0.2, 0.25) is 0 Å². The summed E-state index contributed by atoms with van der Waals surface area (Å²) in [5.74, 6) is -1.25. The number of thioether (sulfide) groups is 1. The van der Waals surface area contributed by atoms with Crippen LogP contribution in [0.5, 0.6) is 0 Å². The van der Waals surface area contributed by atoms with Crippen LogP contribution in [-0.4, -0.2) is 16.0 Å². The second-order valence-electron chi connectivity index (χ2n) is 1.97. The monoisotopic (exact) mass is 210 g/mol. The van der Waals surface area contributed by atoms with E-state index in [0.717, 1.165) is 18.2 Å². The van der Waals surface area contributed by atoms with Crippen LogP contribution >= 0.6 is 11.8 Å².